The van der Waals surface area contributed by atoms with E-state index in [1.165, 1.54) is 12.1 Å². The quantitative estimate of drug-likeness (QED) is 0.897. The minimum absolute atomic E-state index is 0.135. The second-order valence-electron chi connectivity index (χ2n) is 5.46. The van der Waals surface area contributed by atoms with Crippen molar-refractivity contribution in [3.05, 3.63) is 35.6 Å². The van der Waals surface area contributed by atoms with Crippen molar-refractivity contribution >= 4 is 5.91 Å². The standard InChI is InChI=1S/C16H23FN2O/c1-4-6-11(3)19-15(18-14(5-2)16(19)20)12-7-9-13(17)10-8-12/h7-11,14-15,18H,4-6H2,1-3H3. The Balaban J connectivity index is 2.28. The maximum Gasteiger partial charge on any atom is 0.241 e. The number of hydrogen-bond donors (Lipinski definition) is 1. The fourth-order valence-electron chi connectivity index (χ4n) is 2.87. The molecule has 1 saturated heterocycles. The van der Waals surface area contributed by atoms with Gasteiger partial charge in [0.25, 0.3) is 0 Å². The predicted octanol–water partition coefficient (Wildman–Crippen LogP) is 3.22. The molecule has 1 heterocycles. The number of benzene rings is 1. The molecule has 1 aromatic rings. The molecule has 3 nitrogen and oxygen atoms in total. The monoisotopic (exact) mass is 278 g/mol. The molecule has 1 fully saturated rings. The molecule has 1 aliphatic heterocycles. The van der Waals surface area contributed by atoms with Gasteiger partial charge < -0.3 is 4.90 Å². The fraction of sp³-hybridized carbons (Fsp3) is 0.562. The third kappa shape index (κ3) is 2.85. The van der Waals surface area contributed by atoms with Crippen LogP contribution in [0.3, 0.4) is 0 Å². The lowest BCUT2D eigenvalue weighted by atomic mass is 10.1. The SMILES string of the molecule is CCCC(C)N1C(=O)C(CC)NC1c1ccc(F)cc1. The van der Waals surface area contributed by atoms with E-state index >= 15 is 0 Å². The van der Waals surface area contributed by atoms with Gasteiger partial charge in [0.05, 0.1) is 6.04 Å². The van der Waals surface area contributed by atoms with E-state index in [2.05, 4.69) is 19.2 Å². The molecule has 20 heavy (non-hydrogen) atoms. The first kappa shape index (κ1) is 15.0. The van der Waals surface area contributed by atoms with Crippen molar-refractivity contribution in [2.75, 3.05) is 0 Å². The van der Waals surface area contributed by atoms with Crippen molar-refractivity contribution in [3.8, 4) is 0 Å². The second kappa shape index (κ2) is 6.35. The maximum atomic E-state index is 13.1. The third-order valence-corrected chi connectivity index (χ3v) is 3.97. The predicted molar refractivity (Wildman–Crippen MR) is 77.6 cm³/mol. The average Bonchev–Trinajstić information content (AvgIpc) is 2.77. The van der Waals surface area contributed by atoms with E-state index in [1.807, 2.05) is 11.8 Å². The summed E-state index contributed by atoms with van der Waals surface area (Å²) in [4.78, 5) is 14.4. The van der Waals surface area contributed by atoms with E-state index in [1.54, 1.807) is 12.1 Å². The van der Waals surface area contributed by atoms with E-state index in [4.69, 9.17) is 0 Å². The third-order valence-electron chi connectivity index (χ3n) is 3.97. The van der Waals surface area contributed by atoms with Crippen LogP contribution < -0.4 is 5.32 Å². The van der Waals surface area contributed by atoms with E-state index in [0.29, 0.717) is 0 Å². The minimum Gasteiger partial charge on any atom is -0.319 e. The Morgan fingerprint density at radius 1 is 1.30 bits per heavy atom. The molecular weight excluding hydrogens is 255 g/mol. The summed E-state index contributed by atoms with van der Waals surface area (Å²) in [6.07, 6.45) is 2.64. The summed E-state index contributed by atoms with van der Waals surface area (Å²) < 4.78 is 13.1. The lowest BCUT2D eigenvalue weighted by Gasteiger charge is -2.30. The Kier molecular flexibility index (Phi) is 4.76. The van der Waals surface area contributed by atoms with Gasteiger partial charge in [-0.15, -0.1) is 0 Å². The van der Waals surface area contributed by atoms with Gasteiger partial charge in [-0.25, -0.2) is 4.39 Å². The van der Waals surface area contributed by atoms with Gasteiger partial charge >= 0.3 is 0 Å². The summed E-state index contributed by atoms with van der Waals surface area (Å²) in [6, 6.07) is 6.46. The first-order valence-electron chi connectivity index (χ1n) is 7.42. The summed E-state index contributed by atoms with van der Waals surface area (Å²) >= 11 is 0. The molecule has 4 heteroatoms. The number of hydrogen-bond acceptors (Lipinski definition) is 2. The van der Waals surface area contributed by atoms with Crippen LogP contribution in [0, 0.1) is 5.82 Å². The zero-order valence-electron chi connectivity index (χ0n) is 12.4. The average molecular weight is 278 g/mol. The van der Waals surface area contributed by atoms with Gasteiger partial charge in [0.1, 0.15) is 12.0 Å². The molecule has 0 aromatic heterocycles. The molecule has 1 N–H and O–H groups in total. The first-order chi connectivity index (χ1) is 9.58. The normalized spacial score (nSPS) is 24.2. The van der Waals surface area contributed by atoms with Crippen LogP contribution in [-0.2, 0) is 4.79 Å². The summed E-state index contributed by atoms with van der Waals surface area (Å²) in [5, 5.41) is 3.37. The van der Waals surface area contributed by atoms with Gasteiger partial charge in [0.2, 0.25) is 5.91 Å². The Morgan fingerprint density at radius 3 is 2.50 bits per heavy atom. The highest BCUT2D eigenvalue weighted by atomic mass is 19.1. The Morgan fingerprint density at radius 2 is 1.95 bits per heavy atom. The zero-order chi connectivity index (χ0) is 14.7. The molecule has 3 atom stereocenters. The minimum atomic E-state index is -0.252. The fourth-order valence-corrected chi connectivity index (χ4v) is 2.87. The largest absolute Gasteiger partial charge is 0.319 e. The molecule has 110 valence electrons. The van der Waals surface area contributed by atoms with Crippen molar-refractivity contribution in [1.82, 2.24) is 10.2 Å². The summed E-state index contributed by atoms with van der Waals surface area (Å²) in [5.74, 6) is -0.0963. The van der Waals surface area contributed by atoms with Crippen LogP contribution in [0.5, 0.6) is 0 Å². The van der Waals surface area contributed by atoms with Gasteiger partial charge in [0, 0.05) is 6.04 Å². The Bertz CT molecular complexity index is 460. The highest BCUT2D eigenvalue weighted by Gasteiger charge is 2.40. The van der Waals surface area contributed by atoms with Gasteiger partial charge in [-0.2, -0.15) is 0 Å². The van der Waals surface area contributed by atoms with Crippen molar-refractivity contribution < 1.29 is 9.18 Å². The molecule has 0 aliphatic carbocycles. The van der Waals surface area contributed by atoms with Crippen LogP contribution in [0.15, 0.2) is 24.3 Å². The summed E-state index contributed by atoms with van der Waals surface area (Å²) in [5.41, 5.74) is 0.943. The molecule has 0 bridgehead atoms. The number of nitrogens with one attached hydrogen (secondary N) is 1. The van der Waals surface area contributed by atoms with E-state index in [9.17, 15) is 9.18 Å². The topological polar surface area (TPSA) is 32.3 Å². The van der Waals surface area contributed by atoms with Crippen molar-refractivity contribution in [2.45, 2.75) is 58.3 Å². The maximum absolute atomic E-state index is 13.1. The molecule has 1 aromatic carbocycles. The van der Waals surface area contributed by atoms with Crippen molar-refractivity contribution in [1.29, 1.82) is 0 Å². The van der Waals surface area contributed by atoms with Gasteiger partial charge in [0.15, 0.2) is 0 Å². The van der Waals surface area contributed by atoms with Crippen LogP contribution in [0.4, 0.5) is 4.39 Å². The molecule has 0 radical (unpaired) electrons. The lowest BCUT2D eigenvalue weighted by molar-refractivity contribution is -0.132. The van der Waals surface area contributed by atoms with Crippen LogP contribution >= 0.6 is 0 Å². The van der Waals surface area contributed by atoms with Crippen LogP contribution in [0.2, 0.25) is 0 Å². The Labute approximate surface area is 120 Å². The van der Waals surface area contributed by atoms with E-state index in [0.717, 1.165) is 24.8 Å². The zero-order valence-corrected chi connectivity index (χ0v) is 12.4. The molecular formula is C16H23FN2O. The van der Waals surface area contributed by atoms with Crippen LogP contribution in [0.25, 0.3) is 0 Å². The Hall–Kier alpha value is -1.42. The first-order valence-corrected chi connectivity index (χ1v) is 7.42. The lowest BCUT2D eigenvalue weighted by Crippen LogP contribution is -2.38. The van der Waals surface area contributed by atoms with Gasteiger partial charge in [-0.1, -0.05) is 32.4 Å². The molecule has 1 aliphatic rings. The number of nitrogens with zero attached hydrogens (tertiary/aromatic N) is 1. The van der Waals surface area contributed by atoms with E-state index < -0.39 is 0 Å². The summed E-state index contributed by atoms with van der Waals surface area (Å²) in [7, 11) is 0. The molecule has 1 amide bonds. The number of carbonyl (C=O) groups excluding carboxylic acids is 1. The van der Waals surface area contributed by atoms with Crippen LogP contribution in [-0.4, -0.2) is 22.9 Å². The molecule has 2 rings (SSSR count). The van der Waals surface area contributed by atoms with Crippen LogP contribution in [0.1, 0.15) is 51.8 Å². The number of amides is 1. The molecule has 0 saturated carbocycles. The smallest absolute Gasteiger partial charge is 0.241 e. The van der Waals surface area contributed by atoms with Gasteiger partial charge in [-0.05, 0) is 37.5 Å². The summed E-state index contributed by atoms with van der Waals surface area (Å²) in [6.45, 7) is 6.21. The van der Waals surface area contributed by atoms with Crippen molar-refractivity contribution in [3.63, 3.8) is 0 Å². The van der Waals surface area contributed by atoms with Gasteiger partial charge in [-0.3, -0.25) is 10.1 Å². The molecule has 3 unspecified atom stereocenters. The van der Waals surface area contributed by atoms with Crippen molar-refractivity contribution in [2.24, 2.45) is 0 Å². The highest BCUT2D eigenvalue weighted by molar-refractivity contribution is 5.84. The van der Waals surface area contributed by atoms with E-state index in [-0.39, 0.29) is 30.0 Å². The number of rotatable bonds is 5. The molecule has 0 spiro atoms. The number of halogens is 1. The highest BCUT2D eigenvalue weighted by Crippen LogP contribution is 2.29. The number of carbonyl (C=O) groups is 1. The second-order valence-corrected chi connectivity index (χ2v) is 5.46.